The highest BCUT2D eigenvalue weighted by Gasteiger charge is 2.07. The lowest BCUT2D eigenvalue weighted by Crippen LogP contribution is -1.98. The molecule has 0 spiro atoms. The van der Waals surface area contributed by atoms with Gasteiger partial charge in [0.05, 0.1) is 18.6 Å². The molecule has 0 bridgehead atoms. The Balaban J connectivity index is 2.01. The molecule has 2 aromatic rings. The van der Waals surface area contributed by atoms with Crippen molar-refractivity contribution in [3.8, 4) is 11.8 Å². The first-order valence-electron chi connectivity index (χ1n) is 5.58. The van der Waals surface area contributed by atoms with Crippen molar-refractivity contribution in [2.45, 2.75) is 19.1 Å². The van der Waals surface area contributed by atoms with E-state index < -0.39 is 6.10 Å². The van der Waals surface area contributed by atoms with Crippen LogP contribution in [0, 0.1) is 11.3 Å². The molecule has 0 radical (unpaired) electrons. The number of thiophene rings is 1. The average Bonchev–Trinajstić information content (AvgIpc) is 2.90. The summed E-state index contributed by atoms with van der Waals surface area (Å²) >= 11 is 1.63. The molecule has 0 saturated heterocycles. The molecular weight excluding hydrogens is 246 g/mol. The van der Waals surface area contributed by atoms with Crippen LogP contribution in [0.1, 0.15) is 23.7 Å². The molecule has 0 fully saturated rings. The lowest BCUT2D eigenvalue weighted by Gasteiger charge is -2.10. The largest absolute Gasteiger partial charge is 0.489 e. The summed E-state index contributed by atoms with van der Waals surface area (Å²) in [5.74, 6) is 0.704. The van der Waals surface area contributed by atoms with E-state index in [-0.39, 0.29) is 6.42 Å². The van der Waals surface area contributed by atoms with Gasteiger partial charge in [-0.15, -0.1) is 0 Å². The van der Waals surface area contributed by atoms with Gasteiger partial charge in [-0.05, 0) is 40.1 Å². The van der Waals surface area contributed by atoms with Crippen LogP contribution < -0.4 is 4.74 Å². The second kappa shape index (κ2) is 6.20. The van der Waals surface area contributed by atoms with Gasteiger partial charge < -0.3 is 9.84 Å². The number of ether oxygens (including phenoxy) is 1. The maximum absolute atomic E-state index is 9.72. The van der Waals surface area contributed by atoms with Crippen LogP contribution in [0.2, 0.25) is 0 Å². The summed E-state index contributed by atoms with van der Waals surface area (Å²) in [5.41, 5.74) is 1.84. The third kappa shape index (κ3) is 3.33. The molecule has 1 heterocycles. The molecule has 0 aliphatic carbocycles. The van der Waals surface area contributed by atoms with Gasteiger partial charge in [0.1, 0.15) is 12.4 Å². The van der Waals surface area contributed by atoms with Gasteiger partial charge in [0.25, 0.3) is 0 Å². The van der Waals surface area contributed by atoms with E-state index in [0.29, 0.717) is 17.9 Å². The molecule has 3 nitrogen and oxygen atoms in total. The maximum atomic E-state index is 9.72. The van der Waals surface area contributed by atoms with E-state index in [9.17, 15) is 5.11 Å². The maximum Gasteiger partial charge on any atom is 0.120 e. The molecule has 0 aliphatic heterocycles. The van der Waals surface area contributed by atoms with Gasteiger partial charge in [-0.25, -0.2) is 0 Å². The van der Waals surface area contributed by atoms with Crippen LogP contribution in [-0.2, 0) is 6.61 Å². The Kier molecular flexibility index (Phi) is 4.35. The number of nitriles is 1. The van der Waals surface area contributed by atoms with Gasteiger partial charge in [-0.3, -0.25) is 0 Å². The Labute approximate surface area is 110 Å². The topological polar surface area (TPSA) is 53.2 Å². The zero-order valence-electron chi connectivity index (χ0n) is 9.74. The molecule has 0 amide bonds. The fourth-order valence-corrected chi connectivity index (χ4v) is 2.21. The quantitative estimate of drug-likeness (QED) is 0.896. The normalized spacial score (nSPS) is 11.8. The highest BCUT2D eigenvalue weighted by Crippen LogP contribution is 2.22. The Morgan fingerprint density at radius 1 is 1.39 bits per heavy atom. The highest BCUT2D eigenvalue weighted by atomic mass is 32.1. The van der Waals surface area contributed by atoms with E-state index in [1.54, 1.807) is 23.5 Å². The number of aliphatic hydroxyl groups is 1. The summed E-state index contributed by atoms with van der Waals surface area (Å²) in [4.78, 5) is 0. The molecular formula is C14H13NO2S. The van der Waals surface area contributed by atoms with Crippen molar-refractivity contribution < 1.29 is 9.84 Å². The lowest BCUT2D eigenvalue weighted by molar-refractivity contribution is 0.182. The summed E-state index contributed by atoms with van der Waals surface area (Å²) < 4.78 is 5.63. The van der Waals surface area contributed by atoms with Crippen LogP contribution in [0.15, 0.2) is 41.1 Å². The van der Waals surface area contributed by atoms with Gasteiger partial charge in [0, 0.05) is 0 Å². The second-order valence-corrected chi connectivity index (χ2v) is 4.65. The summed E-state index contributed by atoms with van der Waals surface area (Å²) in [7, 11) is 0. The van der Waals surface area contributed by atoms with Crippen LogP contribution in [0.5, 0.6) is 5.75 Å². The summed E-state index contributed by atoms with van der Waals surface area (Å²) in [5, 5.41) is 22.3. The lowest BCUT2D eigenvalue weighted by atomic mass is 10.1. The van der Waals surface area contributed by atoms with Gasteiger partial charge in [0.15, 0.2) is 0 Å². The third-order valence-electron chi connectivity index (χ3n) is 2.51. The Morgan fingerprint density at radius 2 is 2.28 bits per heavy atom. The van der Waals surface area contributed by atoms with Crippen molar-refractivity contribution in [1.82, 2.24) is 0 Å². The van der Waals surface area contributed by atoms with Crippen molar-refractivity contribution in [3.63, 3.8) is 0 Å². The van der Waals surface area contributed by atoms with Gasteiger partial charge >= 0.3 is 0 Å². The van der Waals surface area contributed by atoms with Crippen LogP contribution in [0.4, 0.5) is 0 Å². The first-order valence-corrected chi connectivity index (χ1v) is 6.52. The molecule has 4 heteroatoms. The van der Waals surface area contributed by atoms with Crippen molar-refractivity contribution >= 4 is 11.3 Å². The fourth-order valence-electron chi connectivity index (χ4n) is 1.56. The fraction of sp³-hybridized carbons (Fsp3) is 0.214. The standard InChI is InChI=1S/C14H13NO2S/c15-6-4-14(16)12-2-1-3-13(8-12)17-9-11-5-7-18-10-11/h1-3,5,7-8,10,14,16H,4,9H2. The molecule has 1 atom stereocenters. The molecule has 18 heavy (non-hydrogen) atoms. The third-order valence-corrected chi connectivity index (χ3v) is 3.25. The minimum Gasteiger partial charge on any atom is -0.489 e. The molecule has 1 aromatic carbocycles. The summed E-state index contributed by atoms with van der Waals surface area (Å²) in [6.45, 7) is 0.515. The molecule has 0 aliphatic rings. The molecule has 92 valence electrons. The first kappa shape index (κ1) is 12.6. The zero-order valence-corrected chi connectivity index (χ0v) is 10.6. The number of hydrogen-bond donors (Lipinski definition) is 1. The van der Waals surface area contributed by atoms with Gasteiger partial charge in [0.2, 0.25) is 0 Å². The van der Waals surface area contributed by atoms with E-state index >= 15 is 0 Å². The Bertz CT molecular complexity index is 531. The van der Waals surface area contributed by atoms with Crippen molar-refractivity contribution in [1.29, 1.82) is 5.26 Å². The summed E-state index contributed by atoms with van der Waals surface area (Å²) in [6.07, 6.45) is -0.659. The number of rotatable bonds is 5. The molecule has 1 N–H and O–H groups in total. The van der Waals surface area contributed by atoms with Crippen LogP contribution in [0.3, 0.4) is 0 Å². The first-order chi connectivity index (χ1) is 8.79. The zero-order chi connectivity index (χ0) is 12.8. The Hall–Kier alpha value is -1.83. The van der Waals surface area contributed by atoms with Crippen molar-refractivity contribution in [3.05, 3.63) is 52.2 Å². The predicted molar refractivity (Wildman–Crippen MR) is 70.3 cm³/mol. The average molecular weight is 259 g/mol. The summed E-state index contributed by atoms with van der Waals surface area (Å²) in [6, 6.07) is 11.2. The van der Waals surface area contributed by atoms with E-state index in [1.807, 2.05) is 35.0 Å². The van der Waals surface area contributed by atoms with Crippen LogP contribution in [0.25, 0.3) is 0 Å². The molecule has 1 aromatic heterocycles. The molecule has 2 rings (SSSR count). The number of hydrogen-bond acceptors (Lipinski definition) is 4. The van der Waals surface area contributed by atoms with E-state index in [1.165, 1.54) is 0 Å². The van der Waals surface area contributed by atoms with Gasteiger partial charge in [-0.2, -0.15) is 16.6 Å². The van der Waals surface area contributed by atoms with E-state index in [0.717, 1.165) is 5.56 Å². The SMILES string of the molecule is N#CCC(O)c1cccc(OCc2ccsc2)c1. The number of nitrogens with zero attached hydrogens (tertiary/aromatic N) is 1. The van der Waals surface area contributed by atoms with Crippen molar-refractivity contribution in [2.75, 3.05) is 0 Å². The Morgan fingerprint density at radius 3 is 3.00 bits per heavy atom. The predicted octanol–water partition coefficient (Wildman–Crippen LogP) is 3.27. The van der Waals surface area contributed by atoms with Crippen LogP contribution >= 0.6 is 11.3 Å². The highest BCUT2D eigenvalue weighted by molar-refractivity contribution is 7.07. The molecule has 0 saturated carbocycles. The smallest absolute Gasteiger partial charge is 0.120 e. The molecule has 1 unspecified atom stereocenters. The number of benzene rings is 1. The van der Waals surface area contributed by atoms with E-state index in [2.05, 4.69) is 0 Å². The number of aliphatic hydroxyl groups excluding tert-OH is 1. The van der Waals surface area contributed by atoms with E-state index in [4.69, 9.17) is 10.00 Å². The van der Waals surface area contributed by atoms with Crippen molar-refractivity contribution in [2.24, 2.45) is 0 Å². The minimum absolute atomic E-state index is 0.0913. The second-order valence-electron chi connectivity index (χ2n) is 3.87. The monoisotopic (exact) mass is 259 g/mol. The minimum atomic E-state index is -0.750. The van der Waals surface area contributed by atoms with Gasteiger partial charge in [-0.1, -0.05) is 12.1 Å². The van der Waals surface area contributed by atoms with Crippen LogP contribution in [-0.4, -0.2) is 5.11 Å².